The van der Waals surface area contributed by atoms with Crippen molar-refractivity contribution in [3.63, 3.8) is 0 Å². The van der Waals surface area contributed by atoms with Crippen LogP contribution in [-0.2, 0) is 25.4 Å². The zero-order valence-electron chi connectivity index (χ0n) is 14.1. The number of furan rings is 1. The van der Waals surface area contributed by atoms with Crippen molar-refractivity contribution in [3.8, 4) is 11.3 Å². The lowest BCUT2D eigenvalue weighted by Crippen LogP contribution is -2.38. The smallest absolute Gasteiger partial charge is 0.374 e. The molecule has 8 heteroatoms. The lowest BCUT2D eigenvalue weighted by Gasteiger charge is -2.09. The first-order chi connectivity index (χ1) is 12.4. The number of hydrogen-bond acceptors (Lipinski definition) is 5. The predicted octanol–water partition coefficient (Wildman–Crippen LogP) is 1.84. The maximum absolute atomic E-state index is 13.0. The van der Waals surface area contributed by atoms with Crippen molar-refractivity contribution in [1.82, 2.24) is 9.13 Å². The van der Waals surface area contributed by atoms with Crippen molar-refractivity contribution in [2.75, 3.05) is 0 Å². The molecule has 0 unspecified atom stereocenters. The van der Waals surface area contributed by atoms with Crippen LogP contribution in [0.15, 0.2) is 56.5 Å². The van der Waals surface area contributed by atoms with E-state index in [1.54, 1.807) is 6.07 Å². The van der Waals surface area contributed by atoms with E-state index in [4.69, 9.17) is 9.15 Å². The molecule has 0 aliphatic carbocycles. The third kappa shape index (κ3) is 3.34. The highest BCUT2D eigenvalue weighted by Gasteiger charge is 2.15. The largest absolute Gasteiger partial charge is 0.453 e. The summed E-state index contributed by atoms with van der Waals surface area (Å²) in [6.07, 6.45) is 0. The van der Waals surface area contributed by atoms with Gasteiger partial charge < -0.3 is 9.15 Å². The number of esters is 1. The van der Waals surface area contributed by atoms with Gasteiger partial charge in [0.2, 0.25) is 5.76 Å². The highest BCUT2D eigenvalue weighted by Crippen LogP contribution is 2.23. The molecule has 0 spiro atoms. The van der Waals surface area contributed by atoms with E-state index in [0.29, 0.717) is 11.3 Å². The molecule has 0 aliphatic rings. The second-order valence-electron chi connectivity index (χ2n) is 5.62. The number of aromatic nitrogens is 2. The molecule has 2 aromatic heterocycles. The molecule has 0 fully saturated rings. The zero-order valence-corrected chi connectivity index (χ0v) is 14.1. The fourth-order valence-electron chi connectivity index (χ4n) is 2.34. The van der Waals surface area contributed by atoms with E-state index >= 15 is 0 Å². The van der Waals surface area contributed by atoms with Gasteiger partial charge in [0.15, 0.2) is 0 Å². The van der Waals surface area contributed by atoms with E-state index in [0.717, 1.165) is 4.57 Å². The van der Waals surface area contributed by atoms with Crippen LogP contribution in [0.2, 0.25) is 0 Å². The second kappa shape index (κ2) is 6.83. The third-order valence-corrected chi connectivity index (χ3v) is 3.91. The van der Waals surface area contributed by atoms with E-state index in [9.17, 15) is 18.8 Å². The van der Waals surface area contributed by atoms with Crippen molar-refractivity contribution in [2.45, 2.75) is 6.61 Å². The van der Waals surface area contributed by atoms with Gasteiger partial charge in [-0.25, -0.2) is 14.0 Å². The Labute approximate surface area is 146 Å². The molecule has 0 saturated carbocycles. The Morgan fingerprint density at radius 3 is 2.46 bits per heavy atom. The van der Waals surface area contributed by atoms with Crippen LogP contribution in [0, 0.1) is 5.82 Å². The van der Waals surface area contributed by atoms with Crippen molar-refractivity contribution in [1.29, 1.82) is 0 Å². The lowest BCUT2D eigenvalue weighted by molar-refractivity contribution is 0.0427. The van der Waals surface area contributed by atoms with Crippen LogP contribution in [0.4, 0.5) is 4.39 Å². The zero-order chi connectivity index (χ0) is 18.8. The number of carbonyl (C=O) groups is 1. The van der Waals surface area contributed by atoms with Gasteiger partial charge in [-0.1, -0.05) is 0 Å². The molecule has 26 heavy (non-hydrogen) atoms. The molecule has 1 aromatic carbocycles. The minimum atomic E-state index is -0.744. The molecule has 0 atom stereocenters. The SMILES string of the molecule is Cn1c(COC(=O)c2ccc(-c3ccc(F)cc3)o2)cc(=O)n(C)c1=O. The van der Waals surface area contributed by atoms with Gasteiger partial charge in [0.05, 0.1) is 5.69 Å². The summed E-state index contributed by atoms with van der Waals surface area (Å²) in [5, 5.41) is 0. The van der Waals surface area contributed by atoms with Crippen molar-refractivity contribution in [2.24, 2.45) is 14.1 Å². The van der Waals surface area contributed by atoms with Gasteiger partial charge in [-0.2, -0.15) is 0 Å². The number of nitrogens with zero attached hydrogens (tertiary/aromatic N) is 2. The predicted molar refractivity (Wildman–Crippen MR) is 90.1 cm³/mol. The Hall–Kier alpha value is -3.42. The van der Waals surface area contributed by atoms with E-state index in [1.807, 2.05) is 0 Å². The van der Waals surface area contributed by atoms with Crippen LogP contribution in [0.1, 0.15) is 16.2 Å². The standard InChI is InChI=1S/C18H15FN2O5/c1-20-13(9-16(22)21(2)18(20)24)10-25-17(23)15-8-7-14(26-15)11-3-5-12(19)6-4-11/h3-9H,10H2,1-2H3. The van der Waals surface area contributed by atoms with E-state index < -0.39 is 17.2 Å². The monoisotopic (exact) mass is 358 g/mol. The summed E-state index contributed by atoms with van der Waals surface area (Å²) in [7, 11) is 2.84. The Morgan fingerprint density at radius 1 is 1.08 bits per heavy atom. The highest BCUT2D eigenvalue weighted by molar-refractivity contribution is 5.87. The Kier molecular flexibility index (Phi) is 4.57. The minimum absolute atomic E-state index is 0.0434. The number of halogens is 1. The number of benzene rings is 1. The normalized spacial score (nSPS) is 10.7. The molecule has 0 saturated heterocycles. The quantitative estimate of drug-likeness (QED) is 0.665. The van der Waals surface area contributed by atoms with Gasteiger partial charge in [0.1, 0.15) is 18.2 Å². The molecule has 2 heterocycles. The Balaban J connectivity index is 1.75. The van der Waals surface area contributed by atoms with E-state index in [2.05, 4.69) is 0 Å². The van der Waals surface area contributed by atoms with Crippen molar-refractivity contribution < 1.29 is 18.3 Å². The van der Waals surface area contributed by atoms with Gasteiger partial charge in [0, 0.05) is 25.7 Å². The van der Waals surface area contributed by atoms with E-state index in [1.165, 1.54) is 55.1 Å². The first-order valence-electron chi connectivity index (χ1n) is 7.65. The molecule has 0 amide bonds. The Bertz CT molecular complexity index is 1080. The fourth-order valence-corrected chi connectivity index (χ4v) is 2.34. The second-order valence-corrected chi connectivity index (χ2v) is 5.62. The molecule has 3 aromatic rings. The fraction of sp³-hybridized carbons (Fsp3) is 0.167. The van der Waals surface area contributed by atoms with Gasteiger partial charge >= 0.3 is 11.7 Å². The van der Waals surface area contributed by atoms with Crippen LogP contribution >= 0.6 is 0 Å². The summed E-state index contributed by atoms with van der Waals surface area (Å²) in [4.78, 5) is 35.6. The molecular formula is C18H15FN2O5. The van der Waals surface area contributed by atoms with Crippen LogP contribution < -0.4 is 11.2 Å². The third-order valence-electron chi connectivity index (χ3n) is 3.91. The molecule has 0 N–H and O–H groups in total. The van der Waals surface area contributed by atoms with Gasteiger partial charge in [0.25, 0.3) is 5.56 Å². The maximum atomic E-state index is 13.0. The molecular weight excluding hydrogens is 343 g/mol. The van der Waals surface area contributed by atoms with Gasteiger partial charge in [-0.15, -0.1) is 0 Å². The summed E-state index contributed by atoms with van der Waals surface area (Å²) in [5.74, 6) is -0.776. The summed E-state index contributed by atoms with van der Waals surface area (Å²) >= 11 is 0. The highest BCUT2D eigenvalue weighted by atomic mass is 19.1. The number of hydrogen-bond donors (Lipinski definition) is 0. The number of ether oxygens (including phenoxy) is 1. The summed E-state index contributed by atoms with van der Waals surface area (Å²) in [6, 6.07) is 9.85. The first kappa shape index (κ1) is 17.4. The summed E-state index contributed by atoms with van der Waals surface area (Å²) in [6.45, 7) is -0.257. The first-order valence-corrected chi connectivity index (χ1v) is 7.65. The molecule has 3 rings (SSSR count). The molecule has 134 valence electrons. The van der Waals surface area contributed by atoms with Crippen LogP contribution in [-0.4, -0.2) is 15.1 Å². The number of carbonyl (C=O) groups excluding carboxylic acids is 1. The van der Waals surface area contributed by atoms with E-state index in [-0.39, 0.29) is 23.9 Å². The number of rotatable bonds is 4. The molecule has 0 bridgehead atoms. The topological polar surface area (TPSA) is 83.4 Å². The van der Waals surface area contributed by atoms with Crippen LogP contribution in [0.3, 0.4) is 0 Å². The molecule has 7 nitrogen and oxygen atoms in total. The molecule has 0 radical (unpaired) electrons. The van der Waals surface area contributed by atoms with Crippen LogP contribution in [0.25, 0.3) is 11.3 Å². The summed E-state index contributed by atoms with van der Waals surface area (Å²) in [5.41, 5.74) is -0.132. The average Bonchev–Trinajstić information content (AvgIpc) is 3.12. The van der Waals surface area contributed by atoms with Gasteiger partial charge in [-0.05, 0) is 36.4 Å². The van der Waals surface area contributed by atoms with Gasteiger partial charge in [-0.3, -0.25) is 13.9 Å². The van der Waals surface area contributed by atoms with Crippen molar-refractivity contribution in [3.05, 3.63) is 80.6 Å². The summed E-state index contributed by atoms with van der Waals surface area (Å²) < 4.78 is 25.7. The maximum Gasteiger partial charge on any atom is 0.374 e. The van der Waals surface area contributed by atoms with Crippen molar-refractivity contribution >= 4 is 5.97 Å². The molecule has 0 aliphatic heterocycles. The lowest BCUT2D eigenvalue weighted by atomic mass is 10.2. The Morgan fingerprint density at radius 2 is 1.77 bits per heavy atom. The van der Waals surface area contributed by atoms with Crippen LogP contribution in [0.5, 0.6) is 0 Å². The average molecular weight is 358 g/mol. The minimum Gasteiger partial charge on any atom is -0.453 e.